The van der Waals surface area contributed by atoms with Crippen molar-refractivity contribution in [3.05, 3.63) is 69.3 Å². The predicted octanol–water partition coefficient (Wildman–Crippen LogP) is 4.83. The van der Waals surface area contributed by atoms with Crippen LogP contribution < -0.4 is 11.2 Å². The minimum absolute atomic E-state index is 0.0765. The highest BCUT2D eigenvalue weighted by atomic mass is 79.9. The van der Waals surface area contributed by atoms with Gasteiger partial charge in [0.05, 0.1) is 16.4 Å². The normalized spacial score (nSPS) is 11.6. The molecule has 5 nitrogen and oxygen atoms in total. The van der Waals surface area contributed by atoms with E-state index in [1.54, 1.807) is 0 Å². The van der Waals surface area contributed by atoms with Gasteiger partial charge < -0.3 is 15.1 Å². The fourth-order valence-corrected chi connectivity index (χ4v) is 3.57. The van der Waals surface area contributed by atoms with Crippen molar-refractivity contribution < 1.29 is 4.42 Å². The van der Waals surface area contributed by atoms with Gasteiger partial charge in [0, 0.05) is 16.1 Å². The highest BCUT2D eigenvalue weighted by molar-refractivity contribution is 9.10. The zero-order chi connectivity index (χ0) is 17.8. The monoisotopic (exact) mass is 405 g/mol. The van der Waals surface area contributed by atoms with Gasteiger partial charge in [-0.2, -0.15) is 0 Å². The van der Waals surface area contributed by atoms with Crippen molar-refractivity contribution in [3.8, 4) is 11.3 Å². The summed E-state index contributed by atoms with van der Waals surface area (Å²) in [6.07, 6.45) is 0. The average Bonchev–Trinajstić information content (AvgIpc) is 2.99. The first-order chi connectivity index (χ1) is 12.6. The highest BCUT2D eigenvalue weighted by Crippen LogP contribution is 2.28. The highest BCUT2D eigenvalue weighted by Gasteiger charge is 2.10. The predicted molar refractivity (Wildman–Crippen MR) is 107 cm³/mol. The number of nitrogen functional groups attached to an aromatic ring is 1. The van der Waals surface area contributed by atoms with E-state index in [1.807, 2.05) is 48.5 Å². The summed E-state index contributed by atoms with van der Waals surface area (Å²) in [4.78, 5) is 19.8. The number of anilines is 1. The Balaban J connectivity index is 1.75. The van der Waals surface area contributed by atoms with Crippen LogP contribution in [0.2, 0.25) is 0 Å². The summed E-state index contributed by atoms with van der Waals surface area (Å²) >= 11 is 3.46. The van der Waals surface area contributed by atoms with Crippen molar-refractivity contribution >= 4 is 54.7 Å². The Labute approximate surface area is 155 Å². The summed E-state index contributed by atoms with van der Waals surface area (Å²) < 4.78 is 7.02. The number of halogens is 1. The van der Waals surface area contributed by atoms with E-state index in [2.05, 4.69) is 25.9 Å². The smallest absolute Gasteiger partial charge is 0.198 e. The van der Waals surface area contributed by atoms with E-state index < -0.39 is 0 Å². The van der Waals surface area contributed by atoms with Crippen molar-refractivity contribution in [2.45, 2.75) is 0 Å². The zero-order valence-corrected chi connectivity index (χ0v) is 15.0. The van der Waals surface area contributed by atoms with Gasteiger partial charge >= 0.3 is 0 Å². The second-order valence-corrected chi connectivity index (χ2v) is 7.08. The van der Waals surface area contributed by atoms with Crippen LogP contribution in [0.4, 0.5) is 5.95 Å². The quantitative estimate of drug-likeness (QED) is 0.391. The van der Waals surface area contributed by atoms with Crippen LogP contribution >= 0.6 is 15.9 Å². The second-order valence-electron chi connectivity index (χ2n) is 6.17. The van der Waals surface area contributed by atoms with E-state index >= 15 is 0 Å². The topological polar surface area (TPSA) is 84.9 Å². The number of rotatable bonds is 1. The Morgan fingerprint density at radius 3 is 2.77 bits per heavy atom. The van der Waals surface area contributed by atoms with Crippen molar-refractivity contribution in [3.63, 3.8) is 0 Å². The number of imidazole rings is 1. The molecule has 0 radical (unpaired) electrons. The van der Waals surface area contributed by atoms with Gasteiger partial charge in [-0.15, -0.1) is 0 Å². The SMILES string of the molecule is Nc1nc2ccc(-c3cc(=O)c4cc5cc(Br)ccc5cc4o3)cc2[nH]1. The fraction of sp³-hybridized carbons (Fsp3) is 0. The second kappa shape index (κ2) is 5.44. The molecule has 0 atom stereocenters. The number of aromatic amines is 1. The number of hydrogen-bond acceptors (Lipinski definition) is 4. The molecule has 3 N–H and O–H groups in total. The lowest BCUT2D eigenvalue weighted by Crippen LogP contribution is -2.00. The Morgan fingerprint density at radius 2 is 1.88 bits per heavy atom. The molecule has 0 fully saturated rings. The summed E-state index contributed by atoms with van der Waals surface area (Å²) in [6.45, 7) is 0. The van der Waals surface area contributed by atoms with Crippen LogP contribution in [0.5, 0.6) is 0 Å². The van der Waals surface area contributed by atoms with Crippen molar-refractivity contribution in [1.29, 1.82) is 0 Å². The van der Waals surface area contributed by atoms with E-state index in [0.29, 0.717) is 22.7 Å². The summed E-state index contributed by atoms with van der Waals surface area (Å²) in [5.41, 5.74) is 8.54. The molecule has 0 amide bonds. The molecule has 0 aliphatic carbocycles. The molecule has 0 spiro atoms. The standard InChI is InChI=1S/C20H12BrN3O2/c21-13-3-1-10-8-19-14(6-12(10)5-13)17(25)9-18(26-19)11-2-4-15-16(7-11)24-20(22)23-15/h1-9H,(H3,22,23,24). The third kappa shape index (κ3) is 2.38. The molecule has 5 aromatic rings. The Kier molecular flexibility index (Phi) is 3.17. The van der Waals surface area contributed by atoms with Gasteiger partial charge in [-0.05, 0) is 53.2 Å². The van der Waals surface area contributed by atoms with Crippen LogP contribution in [0, 0.1) is 0 Å². The maximum Gasteiger partial charge on any atom is 0.198 e. The first-order valence-electron chi connectivity index (χ1n) is 8.00. The van der Waals surface area contributed by atoms with E-state index in [0.717, 1.165) is 31.8 Å². The third-order valence-electron chi connectivity index (χ3n) is 4.43. The van der Waals surface area contributed by atoms with Gasteiger partial charge in [-0.3, -0.25) is 4.79 Å². The van der Waals surface area contributed by atoms with Crippen LogP contribution in [-0.2, 0) is 0 Å². The van der Waals surface area contributed by atoms with E-state index in [4.69, 9.17) is 10.2 Å². The maximum absolute atomic E-state index is 12.7. The Bertz CT molecular complexity index is 1390. The number of H-pyrrole nitrogens is 1. The molecular formula is C20H12BrN3O2. The Hall–Kier alpha value is -3.12. The summed E-state index contributed by atoms with van der Waals surface area (Å²) in [7, 11) is 0. The molecule has 0 bridgehead atoms. The molecule has 2 heterocycles. The average molecular weight is 406 g/mol. The molecule has 6 heteroatoms. The molecule has 2 aromatic heterocycles. The lowest BCUT2D eigenvalue weighted by atomic mass is 10.1. The molecule has 126 valence electrons. The van der Waals surface area contributed by atoms with Crippen LogP contribution in [0.3, 0.4) is 0 Å². The summed E-state index contributed by atoms with van der Waals surface area (Å²) in [5.74, 6) is 0.865. The molecule has 0 aliphatic heterocycles. The minimum Gasteiger partial charge on any atom is -0.456 e. The molecule has 0 saturated carbocycles. The molecule has 0 unspecified atom stereocenters. The first kappa shape index (κ1) is 15.2. The number of fused-ring (bicyclic) bond motifs is 3. The van der Waals surface area contributed by atoms with Gasteiger partial charge in [-0.25, -0.2) is 4.98 Å². The molecule has 0 saturated heterocycles. The van der Waals surface area contributed by atoms with Crippen LogP contribution in [0.15, 0.2) is 68.3 Å². The zero-order valence-electron chi connectivity index (χ0n) is 13.4. The minimum atomic E-state index is -0.0765. The number of aromatic nitrogens is 2. The number of nitrogens with zero attached hydrogens (tertiary/aromatic N) is 1. The number of benzene rings is 3. The van der Waals surface area contributed by atoms with Crippen LogP contribution in [0.1, 0.15) is 0 Å². The molecule has 0 aliphatic rings. The number of nitrogens with two attached hydrogens (primary N) is 1. The van der Waals surface area contributed by atoms with Crippen molar-refractivity contribution in [1.82, 2.24) is 9.97 Å². The van der Waals surface area contributed by atoms with Crippen LogP contribution in [-0.4, -0.2) is 9.97 Å². The van der Waals surface area contributed by atoms with Gasteiger partial charge in [0.2, 0.25) is 0 Å². The van der Waals surface area contributed by atoms with Gasteiger partial charge in [0.15, 0.2) is 11.4 Å². The maximum atomic E-state index is 12.7. The third-order valence-corrected chi connectivity index (χ3v) is 4.93. The van der Waals surface area contributed by atoms with E-state index in [9.17, 15) is 4.79 Å². The van der Waals surface area contributed by atoms with Gasteiger partial charge in [-0.1, -0.05) is 22.0 Å². The summed E-state index contributed by atoms with van der Waals surface area (Å²) in [6, 6.07) is 16.8. The number of hydrogen-bond donors (Lipinski definition) is 2. The van der Waals surface area contributed by atoms with Gasteiger partial charge in [0.1, 0.15) is 11.3 Å². The fourth-order valence-electron chi connectivity index (χ4n) is 3.19. The van der Waals surface area contributed by atoms with Crippen LogP contribution in [0.25, 0.3) is 44.1 Å². The lowest BCUT2D eigenvalue weighted by molar-refractivity contribution is 0.619. The lowest BCUT2D eigenvalue weighted by Gasteiger charge is -2.05. The number of nitrogens with one attached hydrogen (secondary N) is 1. The molecule has 26 heavy (non-hydrogen) atoms. The Morgan fingerprint density at radius 1 is 1.00 bits per heavy atom. The van der Waals surface area contributed by atoms with E-state index in [-0.39, 0.29) is 5.43 Å². The van der Waals surface area contributed by atoms with E-state index in [1.165, 1.54) is 6.07 Å². The molecular weight excluding hydrogens is 394 g/mol. The largest absolute Gasteiger partial charge is 0.456 e. The van der Waals surface area contributed by atoms with Crippen molar-refractivity contribution in [2.24, 2.45) is 0 Å². The summed E-state index contributed by atoms with van der Waals surface area (Å²) in [5, 5.41) is 2.56. The molecule has 5 rings (SSSR count). The van der Waals surface area contributed by atoms with Gasteiger partial charge in [0.25, 0.3) is 0 Å². The van der Waals surface area contributed by atoms with Crippen molar-refractivity contribution in [2.75, 3.05) is 5.73 Å². The molecule has 3 aromatic carbocycles. The first-order valence-corrected chi connectivity index (χ1v) is 8.79.